The van der Waals surface area contributed by atoms with Gasteiger partial charge in [0.25, 0.3) is 0 Å². The first-order chi connectivity index (χ1) is 15.1. The molecule has 1 saturated carbocycles. The summed E-state index contributed by atoms with van der Waals surface area (Å²) < 4.78 is 22.3. The normalized spacial score (nSPS) is 35.0. The summed E-state index contributed by atoms with van der Waals surface area (Å²) in [5.74, 6) is -2.42. The number of allylic oxidation sites excluding steroid dienone is 1. The molecule has 7 unspecified atom stereocenters. The number of esters is 1. The molecule has 1 N–H and O–H groups in total. The Kier molecular flexibility index (Phi) is 8.02. The molecule has 1 aliphatic carbocycles. The summed E-state index contributed by atoms with van der Waals surface area (Å²) in [6.45, 7) is 1.77. The lowest BCUT2D eigenvalue weighted by atomic mass is 9.79. The summed E-state index contributed by atoms with van der Waals surface area (Å²) in [7, 11) is 0. The smallest absolute Gasteiger partial charge is 0.310 e. The molecule has 3 saturated heterocycles. The standard InChI is InChI=1S/C24H36O7/c25-23(26)18-10-5-6-11-19(18)24(27)31-21(12-4-2-1-3-8-16-14-28-16)22-20(30-22)13-7-9-17-15-29-17/h2,4,16-22H,1,3,5-15H2,(H,25,26). The molecule has 0 aromatic carbocycles. The number of hydrogen-bond acceptors (Lipinski definition) is 6. The van der Waals surface area contributed by atoms with Crippen molar-refractivity contribution >= 4 is 11.9 Å². The van der Waals surface area contributed by atoms with Crippen LogP contribution in [-0.4, -0.2) is 60.8 Å². The van der Waals surface area contributed by atoms with Gasteiger partial charge < -0.3 is 24.1 Å². The fourth-order valence-electron chi connectivity index (χ4n) is 4.74. The van der Waals surface area contributed by atoms with Crippen LogP contribution in [0.15, 0.2) is 12.2 Å². The number of hydrogen-bond donors (Lipinski definition) is 1. The average molecular weight is 437 g/mol. The molecule has 4 rings (SSSR count). The Hall–Kier alpha value is -1.44. The minimum absolute atomic E-state index is 0.0829. The van der Waals surface area contributed by atoms with Crippen LogP contribution >= 0.6 is 0 Å². The number of aliphatic carboxylic acids is 1. The highest BCUT2D eigenvalue weighted by atomic mass is 16.6. The van der Waals surface area contributed by atoms with Gasteiger partial charge in [-0.05, 0) is 51.4 Å². The first-order valence-corrected chi connectivity index (χ1v) is 12.1. The molecular weight excluding hydrogens is 400 g/mol. The van der Waals surface area contributed by atoms with Gasteiger partial charge in [-0.2, -0.15) is 0 Å². The number of carbonyl (C=O) groups excluding carboxylic acids is 1. The molecule has 7 nitrogen and oxygen atoms in total. The fourth-order valence-corrected chi connectivity index (χ4v) is 4.74. The molecule has 7 atom stereocenters. The highest BCUT2D eigenvalue weighted by Gasteiger charge is 2.47. The SMILES string of the molecule is O=C(O)C1CCCCC1C(=O)OC(CC=CCCCC1CO1)C1OC1CCCC1CO1. The molecule has 4 fully saturated rings. The van der Waals surface area contributed by atoms with Gasteiger partial charge in [-0.1, -0.05) is 25.0 Å². The van der Waals surface area contributed by atoms with Crippen LogP contribution < -0.4 is 0 Å². The summed E-state index contributed by atoms with van der Waals surface area (Å²) in [6.07, 6.45) is 14.6. The van der Waals surface area contributed by atoms with Crippen LogP contribution in [0.4, 0.5) is 0 Å². The highest BCUT2D eigenvalue weighted by Crippen LogP contribution is 2.36. The molecule has 0 radical (unpaired) electrons. The van der Waals surface area contributed by atoms with E-state index in [1.165, 1.54) is 0 Å². The number of epoxide rings is 3. The highest BCUT2D eigenvalue weighted by molar-refractivity contribution is 5.81. The van der Waals surface area contributed by atoms with E-state index in [1.54, 1.807) is 0 Å². The molecule has 0 aromatic heterocycles. The zero-order valence-electron chi connectivity index (χ0n) is 18.3. The van der Waals surface area contributed by atoms with Gasteiger partial charge in [-0.3, -0.25) is 9.59 Å². The van der Waals surface area contributed by atoms with Crippen molar-refractivity contribution in [1.82, 2.24) is 0 Å². The van der Waals surface area contributed by atoms with E-state index in [9.17, 15) is 14.7 Å². The largest absolute Gasteiger partial charge is 0.481 e. The van der Waals surface area contributed by atoms with Crippen LogP contribution in [0.25, 0.3) is 0 Å². The van der Waals surface area contributed by atoms with Gasteiger partial charge in [-0.25, -0.2) is 0 Å². The van der Waals surface area contributed by atoms with Crippen LogP contribution in [0.3, 0.4) is 0 Å². The van der Waals surface area contributed by atoms with E-state index in [0.717, 1.165) is 64.6 Å². The quantitative estimate of drug-likeness (QED) is 0.192. The second kappa shape index (κ2) is 10.9. The van der Waals surface area contributed by atoms with Crippen molar-refractivity contribution < 1.29 is 33.6 Å². The summed E-state index contributed by atoms with van der Waals surface area (Å²) in [6, 6.07) is 0. The number of carboxylic acids is 1. The van der Waals surface area contributed by atoms with Crippen molar-refractivity contribution in [3.63, 3.8) is 0 Å². The zero-order valence-corrected chi connectivity index (χ0v) is 18.3. The Balaban J connectivity index is 1.27. The minimum atomic E-state index is -0.888. The molecule has 3 aliphatic heterocycles. The van der Waals surface area contributed by atoms with Gasteiger partial charge in [0, 0.05) is 6.42 Å². The molecule has 0 amide bonds. The molecule has 7 heteroatoms. The maximum absolute atomic E-state index is 12.9. The predicted molar refractivity (Wildman–Crippen MR) is 113 cm³/mol. The monoisotopic (exact) mass is 436 g/mol. The summed E-state index contributed by atoms with van der Waals surface area (Å²) in [5.41, 5.74) is 0. The molecule has 3 heterocycles. The molecular formula is C24H36O7. The number of unbranched alkanes of at least 4 members (excludes halogenated alkanes) is 1. The minimum Gasteiger partial charge on any atom is -0.481 e. The van der Waals surface area contributed by atoms with Crippen molar-refractivity contribution in [2.24, 2.45) is 11.8 Å². The third-order valence-electron chi connectivity index (χ3n) is 6.89. The summed E-state index contributed by atoms with van der Waals surface area (Å²) in [4.78, 5) is 24.5. The van der Waals surface area contributed by atoms with E-state index in [2.05, 4.69) is 12.2 Å². The van der Waals surface area contributed by atoms with Crippen LogP contribution in [0.2, 0.25) is 0 Å². The third-order valence-corrected chi connectivity index (χ3v) is 6.89. The van der Waals surface area contributed by atoms with Gasteiger partial charge in [0.15, 0.2) is 0 Å². The van der Waals surface area contributed by atoms with E-state index < -0.39 is 17.8 Å². The summed E-state index contributed by atoms with van der Waals surface area (Å²) in [5, 5.41) is 9.51. The number of carbonyl (C=O) groups is 2. The lowest BCUT2D eigenvalue weighted by molar-refractivity contribution is -0.164. The number of rotatable bonds is 14. The van der Waals surface area contributed by atoms with Gasteiger partial charge in [0.2, 0.25) is 0 Å². The second-order valence-electron chi connectivity index (χ2n) is 9.43. The van der Waals surface area contributed by atoms with Crippen molar-refractivity contribution in [3.8, 4) is 0 Å². The van der Waals surface area contributed by atoms with E-state index in [4.69, 9.17) is 18.9 Å². The van der Waals surface area contributed by atoms with E-state index in [0.29, 0.717) is 31.5 Å². The molecule has 174 valence electrons. The average Bonchev–Trinajstić information content (AvgIpc) is 3.60. The van der Waals surface area contributed by atoms with Crippen LogP contribution in [0, 0.1) is 11.8 Å². The molecule has 4 aliphatic rings. The van der Waals surface area contributed by atoms with Crippen molar-refractivity contribution in [2.45, 2.75) is 101 Å². The third kappa shape index (κ3) is 7.29. The van der Waals surface area contributed by atoms with Gasteiger partial charge in [-0.15, -0.1) is 0 Å². The second-order valence-corrected chi connectivity index (χ2v) is 9.43. The van der Waals surface area contributed by atoms with Crippen LogP contribution in [-0.2, 0) is 28.5 Å². The maximum atomic E-state index is 12.9. The topological polar surface area (TPSA) is 101 Å². The number of carboxylic acid groups (broad SMARTS) is 1. The first kappa shape index (κ1) is 22.7. The Morgan fingerprint density at radius 1 is 0.968 bits per heavy atom. The Morgan fingerprint density at radius 3 is 2.32 bits per heavy atom. The Bertz CT molecular complexity index is 640. The fraction of sp³-hybridized carbons (Fsp3) is 0.833. The molecule has 0 spiro atoms. The van der Waals surface area contributed by atoms with Crippen LogP contribution in [0.5, 0.6) is 0 Å². The number of ether oxygens (including phenoxy) is 4. The molecule has 0 aromatic rings. The van der Waals surface area contributed by atoms with Crippen LogP contribution in [0.1, 0.15) is 70.6 Å². The van der Waals surface area contributed by atoms with Crippen molar-refractivity contribution in [2.75, 3.05) is 13.2 Å². The Morgan fingerprint density at radius 2 is 1.65 bits per heavy atom. The van der Waals surface area contributed by atoms with Gasteiger partial charge in [0.05, 0.1) is 43.4 Å². The van der Waals surface area contributed by atoms with Gasteiger partial charge in [0.1, 0.15) is 12.2 Å². The van der Waals surface area contributed by atoms with E-state index >= 15 is 0 Å². The van der Waals surface area contributed by atoms with Gasteiger partial charge >= 0.3 is 11.9 Å². The lowest BCUT2D eigenvalue weighted by Gasteiger charge is -2.28. The maximum Gasteiger partial charge on any atom is 0.310 e. The van der Waals surface area contributed by atoms with Crippen molar-refractivity contribution in [3.05, 3.63) is 12.2 Å². The molecule has 0 bridgehead atoms. The Labute approximate surface area is 184 Å². The van der Waals surface area contributed by atoms with Crippen molar-refractivity contribution in [1.29, 1.82) is 0 Å². The predicted octanol–water partition coefficient (Wildman–Crippen LogP) is 3.64. The molecule has 31 heavy (non-hydrogen) atoms. The first-order valence-electron chi connectivity index (χ1n) is 12.1. The zero-order chi connectivity index (χ0) is 21.6. The van der Waals surface area contributed by atoms with E-state index in [1.807, 2.05) is 0 Å². The lowest BCUT2D eigenvalue weighted by Crippen LogP contribution is -2.37. The summed E-state index contributed by atoms with van der Waals surface area (Å²) >= 11 is 0. The van der Waals surface area contributed by atoms with E-state index in [-0.39, 0.29) is 24.3 Å².